The van der Waals surface area contributed by atoms with Crippen LogP contribution in [0, 0.1) is 0 Å². The molecule has 3 nitrogen and oxygen atoms in total. The quantitative estimate of drug-likeness (QED) is 0.838. The first kappa shape index (κ1) is 13.4. The Morgan fingerprint density at radius 2 is 2.06 bits per heavy atom. The topological polar surface area (TPSA) is 55.1 Å². The molecule has 0 saturated heterocycles. The van der Waals surface area contributed by atoms with Crippen LogP contribution in [0.25, 0.3) is 10.1 Å². The molecule has 1 aromatic carbocycles. The third-order valence-corrected chi connectivity index (χ3v) is 4.23. The van der Waals surface area contributed by atoms with Gasteiger partial charge in [-0.25, -0.2) is 0 Å². The van der Waals surface area contributed by atoms with Gasteiger partial charge in [0.1, 0.15) is 4.88 Å². The molecule has 1 aromatic heterocycles. The van der Waals surface area contributed by atoms with Gasteiger partial charge in [-0.15, -0.1) is 11.3 Å². The van der Waals surface area contributed by atoms with Crippen LogP contribution < -0.4 is 11.1 Å². The van der Waals surface area contributed by atoms with Crippen LogP contribution in [-0.2, 0) is 0 Å². The Morgan fingerprint density at radius 3 is 2.61 bits per heavy atom. The summed E-state index contributed by atoms with van der Waals surface area (Å²) in [7, 11) is 0. The molecule has 5 heteroatoms. The lowest BCUT2D eigenvalue weighted by Crippen LogP contribution is -2.40. The molecule has 0 aliphatic heterocycles. The number of fused-ring (bicyclic) bond motifs is 1. The van der Waals surface area contributed by atoms with Crippen molar-refractivity contribution in [1.82, 2.24) is 5.32 Å². The second-order valence-electron chi connectivity index (χ2n) is 5.16. The number of nitrogens with two attached hydrogens (primary N) is 1. The van der Waals surface area contributed by atoms with Gasteiger partial charge in [-0.3, -0.25) is 4.79 Å². The first-order chi connectivity index (χ1) is 8.29. The number of halogens is 1. The maximum Gasteiger partial charge on any atom is 0.263 e. The number of hydrogen-bond donors (Lipinski definition) is 2. The van der Waals surface area contributed by atoms with Crippen molar-refractivity contribution >= 4 is 48.9 Å². The maximum absolute atomic E-state index is 12.2. The second kappa shape index (κ2) is 4.55. The summed E-state index contributed by atoms with van der Waals surface area (Å²) in [6, 6.07) is 5.83. The predicted molar refractivity (Wildman–Crippen MR) is 81.2 cm³/mol. The Hall–Kier alpha value is -1.07. The fraction of sp³-hybridized carbons (Fsp3) is 0.308. The molecule has 0 radical (unpaired) electrons. The fourth-order valence-electron chi connectivity index (χ4n) is 1.70. The van der Waals surface area contributed by atoms with Gasteiger partial charge in [-0.2, -0.15) is 0 Å². The van der Waals surface area contributed by atoms with E-state index in [1.807, 2.05) is 39.0 Å². The zero-order valence-corrected chi connectivity index (χ0v) is 12.9. The molecule has 3 N–H and O–H groups in total. The summed E-state index contributed by atoms with van der Waals surface area (Å²) in [5.41, 5.74) is 6.36. The highest BCUT2D eigenvalue weighted by molar-refractivity contribution is 9.10. The first-order valence-electron chi connectivity index (χ1n) is 5.58. The van der Waals surface area contributed by atoms with E-state index in [2.05, 4.69) is 21.2 Å². The number of hydrogen-bond acceptors (Lipinski definition) is 3. The maximum atomic E-state index is 12.2. The van der Waals surface area contributed by atoms with Crippen LogP contribution in [-0.4, -0.2) is 11.4 Å². The van der Waals surface area contributed by atoms with E-state index >= 15 is 0 Å². The monoisotopic (exact) mass is 326 g/mol. The number of anilines is 1. The van der Waals surface area contributed by atoms with Gasteiger partial charge < -0.3 is 11.1 Å². The summed E-state index contributed by atoms with van der Waals surface area (Å²) in [5, 5.41) is 3.85. The summed E-state index contributed by atoms with van der Waals surface area (Å²) in [6.07, 6.45) is 0. The van der Waals surface area contributed by atoms with Crippen molar-refractivity contribution in [1.29, 1.82) is 0 Å². The van der Waals surface area contributed by atoms with Gasteiger partial charge in [0.2, 0.25) is 0 Å². The van der Waals surface area contributed by atoms with E-state index in [0.717, 1.165) is 14.6 Å². The van der Waals surface area contributed by atoms with Gasteiger partial charge in [-0.05, 0) is 32.9 Å². The summed E-state index contributed by atoms with van der Waals surface area (Å²) < 4.78 is 1.93. The normalized spacial score (nSPS) is 11.8. The first-order valence-corrected chi connectivity index (χ1v) is 7.19. The third kappa shape index (κ3) is 2.52. The minimum Gasteiger partial charge on any atom is -0.397 e. The molecule has 1 amide bonds. The van der Waals surface area contributed by atoms with Crippen LogP contribution in [0.5, 0.6) is 0 Å². The number of benzene rings is 1. The molecule has 0 unspecified atom stereocenters. The van der Waals surface area contributed by atoms with Crippen molar-refractivity contribution in [3.63, 3.8) is 0 Å². The van der Waals surface area contributed by atoms with Crippen LogP contribution in [0.15, 0.2) is 22.7 Å². The van der Waals surface area contributed by atoms with Crippen molar-refractivity contribution in [2.75, 3.05) is 5.73 Å². The summed E-state index contributed by atoms with van der Waals surface area (Å²) in [6.45, 7) is 5.85. The molecule has 0 atom stereocenters. The Labute approximate surface area is 118 Å². The summed E-state index contributed by atoms with van der Waals surface area (Å²) in [5.74, 6) is -0.117. The largest absolute Gasteiger partial charge is 0.397 e. The number of amides is 1. The van der Waals surface area contributed by atoms with Crippen LogP contribution in [0.2, 0.25) is 0 Å². The van der Waals surface area contributed by atoms with Gasteiger partial charge in [0.25, 0.3) is 5.91 Å². The van der Waals surface area contributed by atoms with E-state index in [1.54, 1.807) is 0 Å². The number of rotatable bonds is 1. The van der Waals surface area contributed by atoms with Crippen molar-refractivity contribution in [3.8, 4) is 0 Å². The third-order valence-electron chi connectivity index (χ3n) is 2.40. The molecule has 18 heavy (non-hydrogen) atoms. The van der Waals surface area contributed by atoms with E-state index in [4.69, 9.17) is 5.73 Å². The van der Waals surface area contributed by atoms with Crippen LogP contribution in [0.4, 0.5) is 5.69 Å². The van der Waals surface area contributed by atoms with Crippen LogP contribution in [0.3, 0.4) is 0 Å². The minimum atomic E-state index is -0.267. The Bertz CT molecular complexity index is 613. The van der Waals surface area contributed by atoms with E-state index in [9.17, 15) is 4.79 Å². The standard InChI is InChI=1S/C13H15BrN2OS/c1-13(2,3)16-12(17)11-10(15)9-7(14)5-4-6-8(9)18-11/h4-6H,15H2,1-3H3,(H,16,17). The Balaban J connectivity index is 2.50. The van der Waals surface area contributed by atoms with E-state index < -0.39 is 0 Å². The summed E-state index contributed by atoms with van der Waals surface area (Å²) >= 11 is 4.89. The van der Waals surface area contributed by atoms with Crippen molar-refractivity contribution in [2.45, 2.75) is 26.3 Å². The highest BCUT2D eigenvalue weighted by Crippen LogP contribution is 2.38. The Kier molecular flexibility index (Phi) is 3.38. The molecule has 0 spiro atoms. The number of carbonyl (C=O) groups excluding carboxylic acids is 1. The van der Waals surface area contributed by atoms with Gasteiger partial charge in [-0.1, -0.05) is 22.0 Å². The predicted octanol–water partition coefficient (Wildman–Crippen LogP) is 3.77. The van der Waals surface area contributed by atoms with Crippen LogP contribution >= 0.6 is 27.3 Å². The average Bonchev–Trinajstić information content (AvgIpc) is 2.55. The zero-order chi connectivity index (χ0) is 13.5. The lowest BCUT2D eigenvalue weighted by Gasteiger charge is -2.20. The van der Waals surface area contributed by atoms with Crippen molar-refractivity contribution in [2.24, 2.45) is 0 Å². The molecule has 0 saturated carbocycles. The van der Waals surface area contributed by atoms with Crippen LogP contribution in [0.1, 0.15) is 30.4 Å². The van der Waals surface area contributed by atoms with E-state index in [-0.39, 0.29) is 11.4 Å². The molecule has 1 heterocycles. The number of nitrogen functional groups attached to an aromatic ring is 1. The molecule has 0 aliphatic carbocycles. The van der Waals surface area contributed by atoms with Gasteiger partial charge in [0.15, 0.2) is 0 Å². The smallest absolute Gasteiger partial charge is 0.263 e. The summed E-state index contributed by atoms with van der Waals surface area (Å²) in [4.78, 5) is 12.7. The van der Waals surface area contributed by atoms with Gasteiger partial charge in [0.05, 0.1) is 5.69 Å². The molecular formula is C13H15BrN2OS. The van der Waals surface area contributed by atoms with E-state index in [1.165, 1.54) is 11.3 Å². The molecular weight excluding hydrogens is 312 g/mol. The Morgan fingerprint density at radius 1 is 1.39 bits per heavy atom. The molecule has 2 rings (SSSR count). The average molecular weight is 327 g/mol. The van der Waals surface area contributed by atoms with Gasteiger partial charge >= 0.3 is 0 Å². The lowest BCUT2D eigenvalue weighted by molar-refractivity contribution is 0.0924. The van der Waals surface area contributed by atoms with Gasteiger partial charge in [0, 0.05) is 20.1 Å². The highest BCUT2D eigenvalue weighted by atomic mass is 79.9. The highest BCUT2D eigenvalue weighted by Gasteiger charge is 2.21. The van der Waals surface area contributed by atoms with Crippen molar-refractivity contribution < 1.29 is 4.79 Å². The second-order valence-corrected chi connectivity index (χ2v) is 7.07. The molecule has 0 bridgehead atoms. The SMILES string of the molecule is CC(C)(C)NC(=O)c1sc2cccc(Br)c2c1N. The fourth-order valence-corrected chi connectivity index (χ4v) is 3.45. The molecule has 0 fully saturated rings. The lowest BCUT2D eigenvalue weighted by atomic mass is 10.1. The zero-order valence-electron chi connectivity index (χ0n) is 10.5. The number of carbonyl (C=O) groups is 1. The van der Waals surface area contributed by atoms with Crippen molar-refractivity contribution in [3.05, 3.63) is 27.5 Å². The number of thiophene rings is 1. The minimum absolute atomic E-state index is 0.117. The molecule has 96 valence electrons. The van der Waals surface area contributed by atoms with E-state index in [0.29, 0.717) is 10.6 Å². The number of nitrogens with one attached hydrogen (secondary N) is 1. The molecule has 0 aliphatic rings. The molecule has 2 aromatic rings.